The highest BCUT2D eigenvalue weighted by molar-refractivity contribution is 5.88. The van der Waals surface area contributed by atoms with Gasteiger partial charge >= 0.3 is 5.97 Å². The quantitative estimate of drug-likeness (QED) is 0.810. The number of nitrogens with zero attached hydrogens (tertiary/aromatic N) is 1. The van der Waals surface area contributed by atoms with Gasteiger partial charge in [0.2, 0.25) is 0 Å². The summed E-state index contributed by atoms with van der Waals surface area (Å²) in [4.78, 5) is 11.2. The van der Waals surface area contributed by atoms with Gasteiger partial charge in [-0.3, -0.25) is 0 Å². The molecule has 0 radical (unpaired) electrons. The van der Waals surface area contributed by atoms with Crippen molar-refractivity contribution in [2.75, 3.05) is 0 Å². The van der Waals surface area contributed by atoms with Crippen LogP contribution in [0.2, 0.25) is 0 Å². The van der Waals surface area contributed by atoms with Gasteiger partial charge in [0.15, 0.2) is 0 Å². The average molecular weight is 207 g/mol. The molecule has 0 spiro atoms. The molecule has 3 heteroatoms. The Morgan fingerprint density at radius 3 is 2.53 bits per heavy atom. The first-order valence-corrected chi connectivity index (χ1v) is 5.53. The topological polar surface area (TPSA) is 42.2 Å². The Morgan fingerprint density at radius 1 is 1.40 bits per heavy atom. The van der Waals surface area contributed by atoms with Crippen LogP contribution in [0.5, 0.6) is 0 Å². The van der Waals surface area contributed by atoms with Gasteiger partial charge in [-0.25, -0.2) is 4.79 Å². The van der Waals surface area contributed by atoms with Crippen molar-refractivity contribution in [2.24, 2.45) is 0 Å². The van der Waals surface area contributed by atoms with Crippen molar-refractivity contribution in [3.05, 3.63) is 23.0 Å². The molecule has 1 heterocycles. The smallest absolute Gasteiger partial charge is 0.352 e. The van der Waals surface area contributed by atoms with Gasteiger partial charge in [-0.05, 0) is 38.3 Å². The van der Waals surface area contributed by atoms with Gasteiger partial charge in [0.1, 0.15) is 5.69 Å². The molecule has 1 aromatic heterocycles. The molecule has 0 bridgehead atoms. The fourth-order valence-corrected chi connectivity index (χ4v) is 2.72. The van der Waals surface area contributed by atoms with E-state index in [-0.39, 0.29) is 0 Å². The molecule has 1 aromatic rings. The maximum Gasteiger partial charge on any atom is 0.352 e. The van der Waals surface area contributed by atoms with Crippen LogP contribution in [0.15, 0.2) is 6.07 Å². The van der Waals surface area contributed by atoms with Crippen molar-refractivity contribution in [2.45, 2.75) is 45.6 Å². The van der Waals surface area contributed by atoms with Gasteiger partial charge < -0.3 is 9.67 Å². The van der Waals surface area contributed by atoms with Crippen molar-refractivity contribution in [1.82, 2.24) is 4.57 Å². The number of carboxylic acid groups (broad SMARTS) is 1. The molecule has 1 fully saturated rings. The third kappa shape index (κ3) is 1.66. The zero-order valence-electron chi connectivity index (χ0n) is 9.29. The number of aryl methyl sites for hydroxylation is 2. The first-order chi connectivity index (χ1) is 7.11. The van der Waals surface area contributed by atoms with Crippen LogP contribution in [0.1, 0.15) is 53.5 Å². The van der Waals surface area contributed by atoms with E-state index in [9.17, 15) is 9.90 Å². The molecule has 2 rings (SSSR count). The fourth-order valence-electron chi connectivity index (χ4n) is 2.72. The molecule has 1 N–H and O–H groups in total. The van der Waals surface area contributed by atoms with Crippen molar-refractivity contribution >= 4 is 5.97 Å². The zero-order valence-corrected chi connectivity index (χ0v) is 9.29. The molecule has 0 aromatic carbocycles. The predicted molar refractivity (Wildman–Crippen MR) is 58.4 cm³/mol. The van der Waals surface area contributed by atoms with Gasteiger partial charge in [0.25, 0.3) is 0 Å². The van der Waals surface area contributed by atoms with Crippen LogP contribution in [0.4, 0.5) is 0 Å². The van der Waals surface area contributed by atoms with Crippen molar-refractivity contribution < 1.29 is 9.90 Å². The maximum atomic E-state index is 11.2. The summed E-state index contributed by atoms with van der Waals surface area (Å²) in [5.74, 6) is -0.799. The molecule has 15 heavy (non-hydrogen) atoms. The van der Waals surface area contributed by atoms with E-state index in [4.69, 9.17) is 0 Å². The normalized spacial score (nSPS) is 17.2. The van der Waals surface area contributed by atoms with E-state index < -0.39 is 5.97 Å². The molecule has 82 valence electrons. The van der Waals surface area contributed by atoms with Crippen molar-refractivity contribution in [1.29, 1.82) is 0 Å². The van der Waals surface area contributed by atoms with Gasteiger partial charge in [-0.1, -0.05) is 12.8 Å². The van der Waals surface area contributed by atoms with E-state index in [1.807, 2.05) is 24.5 Å². The molecule has 0 atom stereocenters. The lowest BCUT2D eigenvalue weighted by Crippen LogP contribution is -2.14. The Bertz CT molecular complexity index is 387. The summed E-state index contributed by atoms with van der Waals surface area (Å²) >= 11 is 0. The number of carbonyl (C=O) groups is 1. The van der Waals surface area contributed by atoms with E-state index in [1.165, 1.54) is 12.8 Å². The number of aromatic carboxylic acids is 1. The summed E-state index contributed by atoms with van der Waals surface area (Å²) in [5.41, 5.74) is 2.45. The molecule has 3 nitrogen and oxygen atoms in total. The first kappa shape index (κ1) is 10.3. The van der Waals surface area contributed by atoms with E-state index >= 15 is 0 Å². The molecular formula is C12H17NO2. The summed E-state index contributed by atoms with van der Waals surface area (Å²) < 4.78 is 2.02. The lowest BCUT2D eigenvalue weighted by atomic mass is 10.2. The highest BCUT2D eigenvalue weighted by atomic mass is 16.4. The summed E-state index contributed by atoms with van der Waals surface area (Å²) in [6.45, 7) is 3.87. The Kier molecular flexibility index (Phi) is 2.55. The number of hydrogen-bond acceptors (Lipinski definition) is 1. The van der Waals surface area contributed by atoms with Gasteiger partial charge in [0, 0.05) is 11.7 Å². The number of hydrogen-bond donors (Lipinski definition) is 1. The predicted octanol–water partition coefficient (Wildman–Crippen LogP) is 2.92. The molecule has 0 saturated heterocycles. The van der Waals surface area contributed by atoms with E-state index in [0.717, 1.165) is 24.1 Å². The third-order valence-electron chi connectivity index (χ3n) is 3.31. The minimum absolute atomic E-state index is 0.407. The standard InChI is InChI=1S/C12H17NO2/c1-8-7-9(2)13(11(8)12(14)15)10-5-3-4-6-10/h7,10H,3-6H2,1-2H3,(H,14,15). The average Bonchev–Trinajstić information content (AvgIpc) is 2.71. The number of aromatic nitrogens is 1. The zero-order chi connectivity index (χ0) is 11.0. The molecule has 0 unspecified atom stereocenters. The summed E-state index contributed by atoms with van der Waals surface area (Å²) in [6.07, 6.45) is 4.69. The minimum Gasteiger partial charge on any atom is -0.477 e. The van der Waals surface area contributed by atoms with Crippen molar-refractivity contribution in [3.8, 4) is 0 Å². The van der Waals surface area contributed by atoms with E-state index in [2.05, 4.69) is 0 Å². The molecule has 1 aliphatic carbocycles. The summed E-state index contributed by atoms with van der Waals surface area (Å²) in [6, 6.07) is 2.38. The number of rotatable bonds is 2. The van der Waals surface area contributed by atoms with E-state index in [1.54, 1.807) is 0 Å². The largest absolute Gasteiger partial charge is 0.477 e. The van der Waals surface area contributed by atoms with Crippen LogP contribution in [-0.4, -0.2) is 15.6 Å². The van der Waals surface area contributed by atoms with Gasteiger partial charge in [-0.15, -0.1) is 0 Å². The summed E-state index contributed by atoms with van der Waals surface area (Å²) in [5, 5.41) is 9.20. The molecule has 1 saturated carbocycles. The second-order valence-electron chi connectivity index (χ2n) is 4.43. The number of carboxylic acids is 1. The van der Waals surface area contributed by atoms with Crippen LogP contribution >= 0.6 is 0 Å². The van der Waals surface area contributed by atoms with E-state index in [0.29, 0.717) is 11.7 Å². The van der Waals surface area contributed by atoms with Crippen molar-refractivity contribution in [3.63, 3.8) is 0 Å². The maximum absolute atomic E-state index is 11.2. The minimum atomic E-state index is -0.799. The Morgan fingerprint density at radius 2 is 2.00 bits per heavy atom. The molecular weight excluding hydrogens is 190 g/mol. The SMILES string of the molecule is Cc1cc(C)n(C2CCCC2)c1C(=O)O. The first-order valence-electron chi connectivity index (χ1n) is 5.53. The van der Waals surface area contributed by atoms with Crippen LogP contribution in [-0.2, 0) is 0 Å². The Balaban J connectivity index is 2.47. The van der Waals surface area contributed by atoms with Crippen LogP contribution in [0.3, 0.4) is 0 Å². The third-order valence-corrected chi connectivity index (χ3v) is 3.31. The van der Waals surface area contributed by atoms with Crippen LogP contribution in [0.25, 0.3) is 0 Å². The highest BCUT2D eigenvalue weighted by Crippen LogP contribution is 2.33. The Labute approximate surface area is 89.7 Å². The van der Waals surface area contributed by atoms with Crippen LogP contribution in [0, 0.1) is 13.8 Å². The highest BCUT2D eigenvalue weighted by Gasteiger charge is 2.24. The summed E-state index contributed by atoms with van der Waals surface area (Å²) in [7, 11) is 0. The lowest BCUT2D eigenvalue weighted by molar-refractivity contribution is 0.0681. The second-order valence-corrected chi connectivity index (χ2v) is 4.43. The monoisotopic (exact) mass is 207 g/mol. The van der Waals surface area contributed by atoms with Gasteiger partial charge in [-0.2, -0.15) is 0 Å². The molecule has 0 aliphatic heterocycles. The second kappa shape index (κ2) is 3.72. The fraction of sp³-hybridized carbons (Fsp3) is 0.583. The lowest BCUT2D eigenvalue weighted by Gasteiger charge is -2.16. The Hall–Kier alpha value is -1.25. The molecule has 0 amide bonds. The van der Waals surface area contributed by atoms with Crippen LogP contribution < -0.4 is 0 Å². The van der Waals surface area contributed by atoms with Gasteiger partial charge in [0.05, 0.1) is 0 Å². The molecule has 1 aliphatic rings.